The Hall–Kier alpha value is -2.07. The van der Waals surface area contributed by atoms with Gasteiger partial charge in [0.05, 0.1) is 12.1 Å². The smallest absolute Gasteiger partial charge is 0.262 e. The maximum absolute atomic E-state index is 5.68. The Labute approximate surface area is 113 Å². The van der Waals surface area contributed by atoms with Gasteiger partial charge < -0.3 is 14.2 Å². The topological polar surface area (TPSA) is 38.5 Å². The van der Waals surface area contributed by atoms with Crippen molar-refractivity contribution in [3.63, 3.8) is 0 Å². The Bertz CT molecular complexity index is 532. The molecule has 0 amide bonds. The van der Waals surface area contributed by atoms with Crippen molar-refractivity contribution < 1.29 is 9.26 Å². The van der Waals surface area contributed by atoms with Crippen LogP contribution in [0.4, 0.5) is 0 Å². The van der Waals surface area contributed by atoms with Gasteiger partial charge in [-0.3, -0.25) is 0 Å². The molecule has 0 aliphatic rings. The molecule has 0 radical (unpaired) electrons. The molecule has 0 unspecified atom stereocenters. The molecule has 0 aliphatic heterocycles. The van der Waals surface area contributed by atoms with Crippen LogP contribution in [0.15, 0.2) is 41.4 Å². The van der Waals surface area contributed by atoms with E-state index in [4.69, 9.17) is 9.26 Å². The van der Waals surface area contributed by atoms with Gasteiger partial charge >= 0.3 is 0 Å². The molecule has 0 spiro atoms. The van der Waals surface area contributed by atoms with Crippen molar-refractivity contribution in [1.29, 1.82) is 0 Å². The van der Waals surface area contributed by atoms with Gasteiger partial charge in [-0.15, -0.1) is 0 Å². The number of aromatic nitrogens is 1. The Balaban J connectivity index is 2.08. The second-order valence-electron chi connectivity index (χ2n) is 4.54. The van der Waals surface area contributed by atoms with E-state index in [2.05, 4.69) is 11.7 Å². The van der Waals surface area contributed by atoms with Crippen LogP contribution < -0.4 is 4.74 Å². The number of hydrogen-bond donors (Lipinski definition) is 0. The first-order valence-electron chi connectivity index (χ1n) is 6.13. The summed E-state index contributed by atoms with van der Waals surface area (Å²) in [5, 5.41) is 3.96. The van der Waals surface area contributed by atoms with Gasteiger partial charge in [0.15, 0.2) is 5.76 Å². The lowest BCUT2D eigenvalue weighted by Gasteiger charge is -2.07. The first-order chi connectivity index (χ1) is 9.20. The van der Waals surface area contributed by atoms with E-state index < -0.39 is 0 Å². The van der Waals surface area contributed by atoms with Crippen molar-refractivity contribution in [1.82, 2.24) is 10.1 Å². The van der Waals surface area contributed by atoms with E-state index in [0.717, 1.165) is 16.9 Å². The Morgan fingerprint density at radius 3 is 2.68 bits per heavy atom. The summed E-state index contributed by atoms with van der Waals surface area (Å²) in [4.78, 5) is 2.01. The molecule has 2 aromatic rings. The van der Waals surface area contributed by atoms with Gasteiger partial charge in [-0.05, 0) is 24.8 Å². The van der Waals surface area contributed by atoms with Gasteiger partial charge in [-0.2, -0.15) is 0 Å². The molecular weight excluding hydrogens is 240 g/mol. The first-order valence-corrected chi connectivity index (χ1v) is 6.13. The summed E-state index contributed by atoms with van der Waals surface area (Å²) < 4.78 is 11.0. The van der Waals surface area contributed by atoms with Gasteiger partial charge in [0.1, 0.15) is 6.61 Å². The second kappa shape index (κ2) is 6.20. The number of nitrogens with zero attached hydrogens (tertiary/aromatic N) is 2. The molecule has 2 rings (SSSR count). The van der Waals surface area contributed by atoms with E-state index >= 15 is 0 Å². The minimum absolute atomic E-state index is 0.468. The summed E-state index contributed by atoms with van der Waals surface area (Å²) in [6.45, 7) is 4.93. The third kappa shape index (κ3) is 3.45. The van der Waals surface area contributed by atoms with Crippen molar-refractivity contribution in [2.45, 2.75) is 13.2 Å². The van der Waals surface area contributed by atoms with Crippen LogP contribution in [0, 0.1) is 0 Å². The lowest BCUT2D eigenvalue weighted by Crippen LogP contribution is -2.10. The zero-order valence-electron chi connectivity index (χ0n) is 11.3. The first kappa shape index (κ1) is 13.4. The molecule has 0 N–H and O–H groups in total. The Morgan fingerprint density at radius 1 is 1.32 bits per heavy atom. The summed E-state index contributed by atoms with van der Waals surface area (Å²) >= 11 is 0. The SMILES string of the molecule is C=Cc1c(OCc2ccccc2)noc1CN(C)C. The van der Waals surface area contributed by atoms with Crippen molar-refractivity contribution in [3.05, 3.63) is 53.8 Å². The fourth-order valence-corrected chi connectivity index (χ4v) is 1.75. The molecule has 1 heterocycles. The predicted molar refractivity (Wildman–Crippen MR) is 74.8 cm³/mol. The van der Waals surface area contributed by atoms with Crippen LogP contribution in [-0.2, 0) is 13.2 Å². The highest BCUT2D eigenvalue weighted by atomic mass is 16.5. The van der Waals surface area contributed by atoms with Crippen molar-refractivity contribution in [3.8, 4) is 5.88 Å². The summed E-state index contributed by atoms with van der Waals surface area (Å²) in [6, 6.07) is 9.95. The van der Waals surface area contributed by atoms with Gasteiger partial charge in [0.25, 0.3) is 5.88 Å². The van der Waals surface area contributed by atoms with E-state index in [1.165, 1.54) is 0 Å². The van der Waals surface area contributed by atoms with Crippen LogP contribution in [0.3, 0.4) is 0 Å². The molecule has 0 saturated carbocycles. The standard InChI is InChI=1S/C15H18N2O2/c1-4-13-14(10-17(2)3)19-16-15(13)18-11-12-8-6-5-7-9-12/h4-9H,1,10-11H2,2-3H3. The zero-order chi connectivity index (χ0) is 13.7. The lowest BCUT2D eigenvalue weighted by molar-refractivity contribution is 0.258. The van der Waals surface area contributed by atoms with Crippen molar-refractivity contribution in [2.24, 2.45) is 0 Å². The fourth-order valence-electron chi connectivity index (χ4n) is 1.75. The van der Waals surface area contributed by atoms with E-state index in [9.17, 15) is 0 Å². The summed E-state index contributed by atoms with van der Waals surface area (Å²) in [5.41, 5.74) is 1.92. The van der Waals surface area contributed by atoms with Crippen LogP contribution >= 0.6 is 0 Å². The molecule has 0 fully saturated rings. The fraction of sp³-hybridized carbons (Fsp3) is 0.267. The number of ether oxygens (including phenoxy) is 1. The van der Waals surface area contributed by atoms with Gasteiger partial charge in [0, 0.05) is 0 Å². The third-order valence-electron chi connectivity index (χ3n) is 2.65. The molecule has 4 heteroatoms. The average molecular weight is 258 g/mol. The van der Waals surface area contributed by atoms with E-state index in [1.54, 1.807) is 6.08 Å². The summed E-state index contributed by atoms with van der Waals surface area (Å²) in [5.74, 6) is 1.26. The van der Waals surface area contributed by atoms with Crippen molar-refractivity contribution in [2.75, 3.05) is 14.1 Å². The van der Waals surface area contributed by atoms with Crippen LogP contribution in [0.2, 0.25) is 0 Å². The van der Waals surface area contributed by atoms with E-state index in [0.29, 0.717) is 19.0 Å². The molecule has 0 atom stereocenters. The van der Waals surface area contributed by atoms with Gasteiger partial charge in [-0.25, -0.2) is 0 Å². The molecule has 19 heavy (non-hydrogen) atoms. The van der Waals surface area contributed by atoms with E-state index in [-0.39, 0.29) is 0 Å². The van der Waals surface area contributed by atoms with Crippen LogP contribution in [0.25, 0.3) is 6.08 Å². The molecular formula is C15H18N2O2. The lowest BCUT2D eigenvalue weighted by atomic mass is 10.2. The van der Waals surface area contributed by atoms with Crippen LogP contribution in [0.1, 0.15) is 16.9 Å². The number of rotatable bonds is 6. The molecule has 1 aromatic carbocycles. The largest absolute Gasteiger partial charge is 0.470 e. The van der Waals surface area contributed by atoms with E-state index in [1.807, 2.05) is 49.3 Å². The number of benzene rings is 1. The second-order valence-corrected chi connectivity index (χ2v) is 4.54. The van der Waals surface area contributed by atoms with Gasteiger partial charge in [0.2, 0.25) is 0 Å². The Kier molecular flexibility index (Phi) is 4.36. The zero-order valence-corrected chi connectivity index (χ0v) is 11.3. The van der Waals surface area contributed by atoms with Gasteiger partial charge in [-0.1, -0.05) is 43.0 Å². The maximum atomic E-state index is 5.68. The predicted octanol–water partition coefficient (Wildman–Crippen LogP) is 2.96. The minimum atomic E-state index is 0.468. The highest BCUT2D eigenvalue weighted by Gasteiger charge is 2.15. The summed E-state index contributed by atoms with van der Waals surface area (Å²) in [6.07, 6.45) is 1.72. The number of hydrogen-bond acceptors (Lipinski definition) is 4. The molecule has 0 saturated heterocycles. The quantitative estimate of drug-likeness (QED) is 0.798. The molecule has 4 nitrogen and oxygen atoms in total. The average Bonchev–Trinajstić information content (AvgIpc) is 2.78. The molecule has 0 aliphatic carbocycles. The molecule has 1 aromatic heterocycles. The Morgan fingerprint density at radius 2 is 2.05 bits per heavy atom. The highest BCUT2D eigenvalue weighted by molar-refractivity contribution is 5.54. The third-order valence-corrected chi connectivity index (χ3v) is 2.65. The van der Waals surface area contributed by atoms with Crippen LogP contribution in [-0.4, -0.2) is 24.2 Å². The molecule has 0 bridgehead atoms. The monoisotopic (exact) mass is 258 g/mol. The molecule has 100 valence electrons. The summed E-state index contributed by atoms with van der Waals surface area (Å²) in [7, 11) is 3.94. The van der Waals surface area contributed by atoms with Crippen molar-refractivity contribution >= 4 is 6.08 Å². The van der Waals surface area contributed by atoms with Crippen LogP contribution in [0.5, 0.6) is 5.88 Å². The minimum Gasteiger partial charge on any atom is -0.470 e. The highest BCUT2D eigenvalue weighted by Crippen LogP contribution is 2.24. The maximum Gasteiger partial charge on any atom is 0.262 e. The normalized spacial score (nSPS) is 10.7.